The average molecular weight is 501 g/mol. The van der Waals surface area contributed by atoms with Gasteiger partial charge in [-0.3, -0.25) is 9.51 Å². The molecular weight excluding hydrogens is 479 g/mol. The molecule has 7 rings (SSSR count). The number of aromatic nitrogens is 4. The molecule has 0 radical (unpaired) electrons. The van der Waals surface area contributed by atoms with E-state index in [-0.39, 0.29) is 5.82 Å². The van der Waals surface area contributed by atoms with E-state index in [1.165, 1.54) is 30.5 Å². The van der Waals surface area contributed by atoms with Crippen molar-refractivity contribution in [3.63, 3.8) is 0 Å². The van der Waals surface area contributed by atoms with Crippen LogP contribution in [0.3, 0.4) is 0 Å². The van der Waals surface area contributed by atoms with Gasteiger partial charge in [0.15, 0.2) is 5.82 Å². The van der Waals surface area contributed by atoms with E-state index in [1.807, 2.05) is 6.92 Å². The smallest absolute Gasteiger partial charge is 0.439 e. The standard InChI is InChI=1S/C27H21FN4O3S/c1-14(25-30-27(33)35-31-25)24-19-6-2-15(8-17(19)11-34-23-9-18(28)5-7-20(23)24)10-32-22-13-36-12-21(22)29-26(32)16-3-4-16/h2,5-9,12-13,16H,3-4,10-11H2,1H3,(H,30,31,33). The second-order valence-electron chi connectivity index (χ2n) is 9.34. The van der Waals surface area contributed by atoms with Crippen molar-refractivity contribution in [2.24, 2.45) is 0 Å². The first-order valence-electron chi connectivity index (χ1n) is 11.8. The van der Waals surface area contributed by atoms with Crippen LogP contribution in [0.5, 0.6) is 5.75 Å². The number of ether oxygens (including phenoxy) is 1. The Labute approximate surface area is 208 Å². The number of hydrogen-bond donors (Lipinski definition) is 1. The van der Waals surface area contributed by atoms with Crippen molar-refractivity contribution in [2.75, 3.05) is 0 Å². The number of H-pyrrole nitrogens is 1. The van der Waals surface area contributed by atoms with Crippen molar-refractivity contribution in [1.82, 2.24) is 19.7 Å². The third-order valence-electron chi connectivity index (χ3n) is 6.91. The van der Waals surface area contributed by atoms with Gasteiger partial charge in [0, 0.05) is 40.4 Å². The molecule has 1 N–H and O–H groups in total. The zero-order chi connectivity index (χ0) is 24.4. The van der Waals surface area contributed by atoms with Gasteiger partial charge in [-0.2, -0.15) is 0 Å². The number of thiophene rings is 1. The summed E-state index contributed by atoms with van der Waals surface area (Å²) < 4.78 is 27.3. The van der Waals surface area contributed by atoms with Gasteiger partial charge in [0.1, 0.15) is 24.0 Å². The molecule has 0 atom stereocenters. The predicted molar refractivity (Wildman–Crippen MR) is 135 cm³/mol. The Hall–Kier alpha value is -3.98. The molecule has 2 aromatic carbocycles. The van der Waals surface area contributed by atoms with Crippen LogP contribution in [0.2, 0.25) is 0 Å². The van der Waals surface area contributed by atoms with Gasteiger partial charge in [-0.15, -0.1) is 11.3 Å². The average Bonchev–Trinajstić information content (AvgIpc) is 3.35. The highest BCUT2D eigenvalue weighted by Crippen LogP contribution is 2.43. The molecule has 1 aliphatic heterocycles. The lowest BCUT2D eigenvalue weighted by Gasteiger charge is -2.15. The fourth-order valence-electron chi connectivity index (χ4n) is 5.02. The molecule has 1 aliphatic carbocycles. The molecule has 0 spiro atoms. The maximum Gasteiger partial charge on any atom is 0.439 e. The van der Waals surface area contributed by atoms with Crippen molar-refractivity contribution in [3.05, 3.63) is 97.4 Å². The van der Waals surface area contributed by atoms with E-state index in [1.54, 1.807) is 17.4 Å². The van der Waals surface area contributed by atoms with Gasteiger partial charge >= 0.3 is 5.76 Å². The minimum atomic E-state index is -0.628. The summed E-state index contributed by atoms with van der Waals surface area (Å²) in [6, 6.07) is 10.8. The number of halogens is 1. The molecule has 3 aromatic heterocycles. The van der Waals surface area contributed by atoms with E-state index >= 15 is 0 Å². The molecule has 0 saturated heterocycles. The maximum atomic E-state index is 14.1. The van der Waals surface area contributed by atoms with Crippen LogP contribution in [-0.2, 0) is 13.2 Å². The number of rotatable bonds is 4. The lowest BCUT2D eigenvalue weighted by Crippen LogP contribution is -2.06. The van der Waals surface area contributed by atoms with E-state index in [4.69, 9.17) is 14.2 Å². The molecule has 9 heteroatoms. The van der Waals surface area contributed by atoms with Gasteiger partial charge in [0.05, 0.1) is 11.0 Å². The van der Waals surface area contributed by atoms with Crippen molar-refractivity contribution in [2.45, 2.75) is 38.8 Å². The fraction of sp³-hybridized carbons (Fsp3) is 0.222. The van der Waals surface area contributed by atoms with Crippen LogP contribution in [-0.4, -0.2) is 19.7 Å². The summed E-state index contributed by atoms with van der Waals surface area (Å²) >= 11 is 1.67. The Balaban J connectivity index is 1.36. The van der Waals surface area contributed by atoms with E-state index in [2.05, 4.69) is 43.7 Å². The van der Waals surface area contributed by atoms with Gasteiger partial charge in [-0.1, -0.05) is 17.3 Å². The first kappa shape index (κ1) is 21.3. The summed E-state index contributed by atoms with van der Waals surface area (Å²) in [6.07, 6.45) is 2.38. The number of nitrogens with zero attached hydrogens (tertiary/aromatic N) is 3. The SMILES string of the molecule is CC(=C1c2ccc(Cn3c(C4CC4)nc4cscc43)cc2COc2cc(F)ccc21)c1noc(=O)[nH]1. The van der Waals surface area contributed by atoms with Gasteiger partial charge in [-0.25, -0.2) is 14.2 Å². The van der Waals surface area contributed by atoms with E-state index in [0.717, 1.165) is 39.2 Å². The van der Waals surface area contributed by atoms with E-state index in [0.29, 0.717) is 36.2 Å². The van der Waals surface area contributed by atoms with Crippen molar-refractivity contribution in [3.8, 4) is 5.75 Å². The third kappa shape index (κ3) is 3.50. The second kappa shape index (κ2) is 8.03. The highest BCUT2D eigenvalue weighted by Gasteiger charge is 2.30. The zero-order valence-electron chi connectivity index (χ0n) is 19.4. The lowest BCUT2D eigenvalue weighted by atomic mass is 9.89. The van der Waals surface area contributed by atoms with Crippen molar-refractivity contribution >= 4 is 33.5 Å². The fourth-order valence-corrected chi connectivity index (χ4v) is 5.77. The molecule has 0 bridgehead atoms. The highest BCUT2D eigenvalue weighted by atomic mass is 32.1. The van der Waals surface area contributed by atoms with Crippen LogP contribution in [0, 0.1) is 5.82 Å². The quantitative estimate of drug-likeness (QED) is 0.342. The minimum Gasteiger partial charge on any atom is -0.488 e. The summed E-state index contributed by atoms with van der Waals surface area (Å²) in [5.74, 6) is 1.47. The summed E-state index contributed by atoms with van der Waals surface area (Å²) in [5, 5.41) is 8.15. The topological polar surface area (TPSA) is 85.9 Å². The molecule has 7 nitrogen and oxygen atoms in total. The molecule has 1 fully saturated rings. The first-order chi connectivity index (χ1) is 17.5. The normalized spacial score (nSPS) is 16.4. The number of imidazole rings is 1. The number of nitrogens with one attached hydrogen (secondary N) is 1. The van der Waals surface area contributed by atoms with E-state index in [9.17, 15) is 9.18 Å². The van der Waals surface area contributed by atoms with Gasteiger partial charge in [-0.05, 0) is 60.2 Å². The Morgan fingerprint density at radius 3 is 2.86 bits per heavy atom. The van der Waals surface area contributed by atoms with Crippen LogP contribution in [0.1, 0.15) is 59.6 Å². The van der Waals surface area contributed by atoms with Crippen LogP contribution in [0.4, 0.5) is 4.39 Å². The number of aromatic amines is 1. The molecule has 0 amide bonds. The maximum absolute atomic E-state index is 14.1. The number of hydrogen-bond acceptors (Lipinski definition) is 6. The Kier molecular flexibility index (Phi) is 4.75. The van der Waals surface area contributed by atoms with Crippen LogP contribution in [0.25, 0.3) is 22.2 Å². The second-order valence-corrected chi connectivity index (χ2v) is 10.1. The number of benzene rings is 2. The van der Waals surface area contributed by atoms with Crippen LogP contribution >= 0.6 is 11.3 Å². The summed E-state index contributed by atoms with van der Waals surface area (Å²) in [7, 11) is 0. The number of fused-ring (bicyclic) bond motifs is 3. The monoisotopic (exact) mass is 500 g/mol. The molecule has 5 aromatic rings. The van der Waals surface area contributed by atoms with Gasteiger partial charge < -0.3 is 9.30 Å². The van der Waals surface area contributed by atoms with E-state index < -0.39 is 5.76 Å². The molecule has 0 unspecified atom stereocenters. The lowest BCUT2D eigenvalue weighted by molar-refractivity contribution is 0.305. The molecule has 1 saturated carbocycles. The predicted octanol–water partition coefficient (Wildman–Crippen LogP) is 5.71. The van der Waals surface area contributed by atoms with Gasteiger partial charge in [0.2, 0.25) is 0 Å². The zero-order valence-corrected chi connectivity index (χ0v) is 20.2. The largest absolute Gasteiger partial charge is 0.488 e. The highest BCUT2D eigenvalue weighted by molar-refractivity contribution is 7.09. The first-order valence-corrected chi connectivity index (χ1v) is 12.7. The molecular formula is C27H21FN4O3S. The molecule has 180 valence electrons. The molecule has 4 heterocycles. The third-order valence-corrected chi connectivity index (χ3v) is 7.63. The van der Waals surface area contributed by atoms with Crippen molar-refractivity contribution < 1.29 is 13.7 Å². The summed E-state index contributed by atoms with van der Waals surface area (Å²) in [6.45, 7) is 2.86. The number of allylic oxidation sites excluding steroid dienone is 1. The Morgan fingerprint density at radius 1 is 1.19 bits per heavy atom. The van der Waals surface area contributed by atoms with Crippen LogP contribution in [0.15, 0.2) is 56.5 Å². The Bertz CT molecular complexity index is 1740. The van der Waals surface area contributed by atoms with Gasteiger partial charge in [0.25, 0.3) is 0 Å². The summed E-state index contributed by atoms with van der Waals surface area (Å²) in [5.41, 5.74) is 7.53. The minimum absolute atomic E-state index is 0.291. The Morgan fingerprint density at radius 2 is 2.06 bits per heavy atom. The molecule has 2 aliphatic rings. The van der Waals surface area contributed by atoms with Crippen molar-refractivity contribution in [1.29, 1.82) is 0 Å². The van der Waals surface area contributed by atoms with Crippen LogP contribution < -0.4 is 10.5 Å². The summed E-state index contributed by atoms with van der Waals surface area (Å²) in [4.78, 5) is 19.2. The molecule has 36 heavy (non-hydrogen) atoms.